The monoisotopic (exact) mass is 253 g/mol. The summed E-state index contributed by atoms with van der Waals surface area (Å²) in [5.41, 5.74) is 5.68. The first-order valence-corrected chi connectivity index (χ1v) is 7.49. The van der Waals surface area contributed by atoms with Crippen LogP contribution >= 0.6 is 0 Å². The number of carboxylic acid groups (broad SMARTS) is 1. The van der Waals surface area contributed by atoms with Crippen molar-refractivity contribution in [1.82, 2.24) is 0 Å². The molecule has 0 spiro atoms. The fourth-order valence-corrected chi connectivity index (χ4v) is 4.02. The standard InChI is InChI=1S/C10H17NO2.C5H10/c11-6-10(5-9(12)13)4-7-2-1-3-8(7)10;1-5-3-2-4-5/h7-8H,1-6,11H2,(H,12,13);5H,2-4H2,1H3/t7?,8?,10-;/m0./s1. The Morgan fingerprint density at radius 3 is 2.28 bits per heavy atom. The Kier molecular flexibility index (Phi) is 4.31. The lowest BCUT2D eigenvalue weighted by Gasteiger charge is -2.51. The second-order valence-corrected chi connectivity index (χ2v) is 6.67. The fourth-order valence-electron chi connectivity index (χ4n) is 4.02. The van der Waals surface area contributed by atoms with Crippen molar-refractivity contribution in [3.63, 3.8) is 0 Å². The van der Waals surface area contributed by atoms with Gasteiger partial charge in [-0.1, -0.05) is 39.0 Å². The third kappa shape index (κ3) is 2.71. The Hall–Kier alpha value is -0.570. The largest absolute Gasteiger partial charge is 0.481 e. The molecule has 0 heterocycles. The van der Waals surface area contributed by atoms with Crippen molar-refractivity contribution < 1.29 is 9.90 Å². The van der Waals surface area contributed by atoms with E-state index < -0.39 is 5.97 Å². The van der Waals surface area contributed by atoms with Crippen LogP contribution in [-0.2, 0) is 4.79 Å². The van der Waals surface area contributed by atoms with Gasteiger partial charge in [-0.2, -0.15) is 0 Å². The van der Waals surface area contributed by atoms with Gasteiger partial charge in [0.25, 0.3) is 0 Å². The molecule has 0 bridgehead atoms. The molecule has 0 radical (unpaired) electrons. The summed E-state index contributed by atoms with van der Waals surface area (Å²) in [5.74, 6) is 1.79. The molecule has 3 N–H and O–H groups in total. The number of nitrogens with two attached hydrogens (primary N) is 1. The van der Waals surface area contributed by atoms with E-state index >= 15 is 0 Å². The van der Waals surface area contributed by atoms with Gasteiger partial charge < -0.3 is 10.8 Å². The van der Waals surface area contributed by atoms with E-state index in [0.29, 0.717) is 12.5 Å². The first-order chi connectivity index (χ1) is 8.57. The molecule has 104 valence electrons. The second-order valence-electron chi connectivity index (χ2n) is 6.67. The van der Waals surface area contributed by atoms with E-state index in [0.717, 1.165) is 18.3 Å². The van der Waals surface area contributed by atoms with Crippen LogP contribution in [-0.4, -0.2) is 17.6 Å². The minimum atomic E-state index is -0.684. The zero-order valence-corrected chi connectivity index (χ0v) is 11.5. The van der Waals surface area contributed by atoms with Crippen LogP contribution in [0.25, 0.3) is 0 Å². The van der Waals surface area contributed by atoms with Crippen LogP contribution in [0.4, 0.5) is 0 Å². The highest BCUT2D eigenvalue weighted by Gasteiger charge is 2.55. The number of carbonyl (C=O) groups is 1. The number of fused-ring (bicyclic) bond motifs is 1. The highest BCUT2D eigenvalue weighted by atomic mass is 16.4. The molecule has 3 aliphatic rings. The maximum atomic E-state index is 10.7. The van der Waals surface area contributed by atoms with E-state index in [1.54, 1.807) is 0 Å². The Morgan fingerprint density at radius 2 is 1.89 bits per heavy atom. The molecule has 3 saturated carbocycles. The first-order valence-electron chi connectivity index (χ1n) is 7.49. The molecule has 3 heteroatoms. The second kappa shape index (κ2) is 5.60. The minimum Gasteiger partial charge on any atom is -0.481 e. The van der Waals surface area contributed by atoms with Gasteiger partial charge in [-0.15, -0.1) is 0 Å². The quantitative estimate of drug-likeness (QED) is 0.812. The van der Waals surface area contributed by atoms with E-state index in [1.165, 1.54) is 38.5 Å². The molecule has 0 aliphatic heterocycles. The van der Waals surface area contributed by atoms with Gasteiger partial charge in [0, 0.05) is 0 Å². The highest BCUT2D eigenvalue weighted by Crippen LogP contribution is 2.60. The average Bonchev–Trinajstić information content (AvgIpc) is 2.66. The van der Waals surface area contributed by atoms with Crippen molar-refractivity contribution >= 4 is 5.97 Å². The van der Waals surface area contributed by atoms with Crippen molar-refractivity contribution in [3.8, 4) is 0 Å². The molecule has 3 atom stereocenters. The normalized spacial score (nSPS) is 37.9. The molecule has 18 heavy (non-hydrogen) atoms. The molecule has 0 amide bonds. The van der Waals surface area contributed by atoms with Crippen LogP contribution in [0.15, 0.2) is 0 Å². The first kappa shape index (κ1) is 13.9. The molecular weight excluding hydrogens is 226 g/mol. The predicted molar refractivity (Wildman–Crippen MR) is 72.2 cm³/mol. The van der Waals surface area contributed by atoms with Crippen molar-refractivity contribution in [2.24, 2.45) is 28.9 Å². The summed E-state index contributed by atoms with van der Waals surface area (Å²) in [6, 6.07) is 0. The average molecular weight is 253 g/mol. The number of carboxylic acids is 1. The molecule has 3 fully saturated rings. The number of rotatable bonds is 3. The van der Waals surface area contributed by atoms with Crippen molar-refractivity contribution in [1.29, 1.82) is 0 Å². The lowest BCUT2D eigenvalue weighted by molar-refractivity contribution is -0.145. The maximum Gasteiger partial charge on any atom is 0.303 e. The van der Waals surface area contributed by atoms with Gasteiger partial charge in [0.15, 0.2) is 0 Å². The van der Waals surface area contributed by atoms with Gasteiger partial charge in [-0.3, -0.25) is 4.79 Å². The van der Waals surface area contributed by atoms with E-state index in [4.69, 9.17) is 10.8 Å². The minimum absolute atomic E-state index is 0.0347. The van der Waals surface area contributed by atoms with Gasteiger partial charge >= 0.3 is 5.97 Å². The molecule has 0 aromatic carbocycles. The zero-order valence-electron chi connectivity index (χ0n) is 11.5. The molecule has 0 aromatic rings. The Bertz CT molecular complexity index is 301. The molecule has 0 aromatic heterocycles. The molecule has 0 saturated heterocycles. The van der Waals surface area contributed by atoms with E-state index in [-0.39, 0.29) is 11.8 Å². The van der Waals surface area contributed by atoms with Crippen molar-refractivity contribution in [2.45, 2.75) is 58.3 Å². The highest BCUT2D eigenvalue weighted by molar-refractivity contribution is 5.68. The lowest BCUT2D eigenvalue weighted by Crippen LogP contribution is -2.51. The van der Waals surface area contributed by atoms with Crippen molar-refractivity contribution in [2.75, 3.05) is 6.54 Å². The predicted octanol–water partition coefficient (Wildman–Crippen LogP) is 3.03. The van der Waals surface area contributed by atoms with Crippen LogP contribution in [0.1, 0.15) is 58.3 Å². The van der Waals surface area contributed by atoms with E-state index in [2.05, 4.69) is 6.92 Å². The SMILES string of the molecule is CC1CCC1.NC[C@@]1(CC(=O)O)CC2CCCC21. The number of aliphatic carboxylic acids is 1. The Balaban J connectivity index is 0.000000202. The third-order valence-corrected chi connectivity index (χ3v) is 5.42. The van der Waals surface area contributed by atoms with Crippen molar-refractivity contribution in [3.05, 3.63) is 0 Å². The molecule has 3 aliphatic carbocycles. The summed E-state index contributed by atoms with van der Waals surface area (Å²) >= 11 is 0. The summed E-state index contributed by atoms with van der Waals surface area (Å²) in [5, 5.41) is 8.81. The van der Waals surface area contributed by atoms with E-state index in [1.807, 2.05) is 0 Å². The number of hydrogen-bond donors (Lipinski definition) is 2. The summed E-state index contributed by atoms with van der Waals surface area (Å²) in [7, 11) is 0. The summed E-state index contributed by atoms with van der Waals surface area (Å²) in [6.45, 7) is 2.87. The number of hydrogen-bond acceptors (Lipinski definition) is 2. The molecular formula is C15H27NO2. The van der Waals surface area contributed by atoms with E-state index in [9.17, 15) is 4.79 Å². The van der Waals surface area contributed by atoms with Gasteiger partial charge in [-0.05, 0) is 42.6 Å². The van der Waals surface area contributed by atoms with Gasteiger partial charge in [0.05, 0.1) is 6.42 Å². The van der Waals surface area contributed by atoms with Crippen LogP contribution < -0.4 is 5.73 Å². The fraction of sp³-hybridized carbons (Fsp3) is 0.933. The zero-order chi connectivity index (χ0) is 13.2. The van der Waals surface area contributed by atoms with Gasteiger partial charge in [0.2, 0.25) is 0 Å². The van der Waals surface area contributed by atoms with Crippen LogP contribution in [0.2, 0.25) is 0 Å². The molecule has 3 nitrogen and oxygen atoms in total. The maximum absolute atomic E-state index is 10.7. The van der Waals surface area contributed by atoms with Crippen LogP contribution in [0.3, 0.4) is 0 Å². The molecule has 2 unspecified atom stereocenters. The van der Waals surface area contributed by atoms with Gasteiger partial charge in [-0.25, -0.2) is 0 Å². The summed E-state index contributed by atoms with van der Waals surface area (Å²) in [6.07, 6.45) is 9.57. The van der Waals surface area contributed by atoms with Gasteiger partial charge in [0.1, 0.15) is 0 Å². The summed E-state index contributed by atoms with van der Waals surface area (Å²) in [4.78, 5) is 10.7. The molecule has 3 rings (SSSR count). The Morgan fingerprint density at radius 1 is 1.28 bits per heavy atom. The van der Waals surface area contributed by atoms with Crippen LogP contribution in [0.5, 0.6) is 0 Å². The van der Waals surface area contributed by atoms with Crippen LogP contribution in [0, 0.1) is 23.2 Å². The smallest absolute Gasteiger partial charge is 0.303 e. The lowest BCUT2D eigenvalue weighted by atomic mass is 9.53. The summed E-state index contributed by atoms with van der Waals surface area (Å²) < 4.78 is 0. The topological polar surface area (TPSA) is 63.3 Å². The Labute approximate surface area is 110 Å². The third-order valence-electron chi connectivity index (χ3n) is 5.42.